The van der Waals surface area contributed by atoms with Crippen molar-refractivity contribution in [2.24, 2.45) is 0 Å². The van der Waals surface area contributed by atoms with Crippen molar-refractivity contribution in [1.29, 1.82) is 0 Å². The predicted octanol–water partition coefficient (Wildman–Crippen LogP) is 5.79. The van der Waals surface area contributed by atoms with Gasteiger partial charge in [-0.2, -0.15) is 13.2 Å². The maximum atomic E-state index is 13.6. The van der Waals surface area contributed by atoms with Crippen LogP contribution in [0.3, 0.4) is 0 Å². The Kier molecular flexibility index (Phi) is 14.3. The van der Waals surface area contributed by atoms with Crippen LogP contribution in [0.2, 0.25) is 0 Å². The average Bonchev–Trinajstić information content (AvgIpc) is 2.95. The quantitative estimate of drug-likeness (QED) is 0.234. The molecule has 2 aromatic rings. The molecule has 234 valence electrons. The summed E-state index contributed by atoms with van der Waals surface area (Å²) < 4.78 is 65.1. The Balaban J connectivity index is 2.36. The largest absolute Gasteiger partial charge is 0.497 e. The van der Waals surface area contributed by atoms with Crippen LogP contribution in [-0.4, -0.2) is 59.4 Å². The van der Waals surface area contributed by atoms with E-state index in [2.05, 4.69) is 10.6 Å². The molecule has 0 heterocycles. The predicted molar refractivity (Wildman–Crippen MR) is 157 cm³/mol. The van der Waals surface area contributed by atoms with Gasteiger partial charge in [-0.1, -0.05) is 31.9 Å². The maximum Gasteiger partial charge on any atom is 0.416 e. The van der Waals surface area contributed by atoms with E-state index in [-0.39, 0.29) is 23.9 Å². The van der Waals surface area contributed by atoms with E-state index < -0.39 is 40.7 Å². The molecule has 42 heavy (non-hydrogen) atoms. The highest BCUT2D eigenvalue weighted by atomic mass is 32.2. The number of hydrogen-bond donors (Lipinski definition) is 2. The fourth-order valence-electron chi connectivity index (χ4n) is 4.17. The number of halogens is 3. The number of amides is 3. The highest BCUT2D eigenvalue weighted by Gasteiger charge is 2.33. The van der Waals surface area contributed by atoms with Gasteiger partial charge in [0.05, 0.1) is 17.6 Å². The molecule has 0 saturated heterocycles. The molecule has 0 aliphatic carbocycles. The molecule has 12 heteroatoms. The Hall–Kier alpha value is -3.12. The Morgan fingerprint density at radius 3 is 2.43 bits per heavy atom. The van der Waals surface area contributed by atoms with E-state index in [0.717, 1.165) is 46.5 Å². The van der Waals surface area contributed by atoms with E-state index in [1.54, 1.807) is 19.2 Å². The number of nitrogens with zero attached hydrogens (tertiary/aromatic N) is 1. The molecule has 2 aromatic carbocycles. The monoisotopic (exact) mass is 613 g/mol. The van der Waals surface area contributed by atoms with Crippen LogP contribution in [0.1, 0.15) is 63.1 Å². The van der Waals surface area contributed by atoms with Crippen LogP contribution in [-0.2, 0) is 33.1 Å². The third kappa shape index (κ3) is 10.9. The normalized spacial score (nSPS) is 13.6. The van der Waals surface area contributed by atoms with Crippen molar-refractivity contribution in [3.63, 3.8) is 0 Å². The Bertz CT molecular complexity index is 1200. The number of carbonyl (C=O) groups excluding carboxylic acids is 2. The van der Waals surface area contributed by atoms with Crippen LogP contribution in [0.5, 0.6) is 5.75 Å². The number of alkyl halides is 3. The zero-order chi connectivity index (χ0) is 31.3. The highest BCUT2D eigenvalue weighted by molar-refractivity contribution is 7.83. The molecular weight excluding hydrogens is 571 g/mol. The second-order valence-corrected chi connectivity index (χ2v) is 11.4. The summed E-state index contributed by atoms with van der Waals surface area (Å²) in [6, 6.07) is 7.37. The lowest BCUT2D eigenvalue weighted by molar-refractivity contribution is -0.137. The molecule has 2 rings (SSSR count). The number of benzene rings is 2. The summed E-state index contributed by atoms with van der Waals surface area (Å²) in [5.74, 6) is 0.199. The third-order valence-electron chi connectivity index (χ3n) is 6.63. The number of nitrogens with one attached hydrogen (secondary N) is 2. The molecule has 0 aromatic heterocycles. The topological polar surface area (TPSA) is 97.0 Å². The van der Waals surface area contributed by atoms with Crippen LogP contribution in [0.4, 0.5) is 18.0 Å². The van der Waals surface area contributed by atoms with Gasteiger partial charge in [0.15, 0.2) is 11.0 Å². The second-order valence-electron chi connectivity index (χ2n) is 9.98. The zero-order valence-corrected chi connectivity index (χ0v) is 25.7. The number of carbonyl (C=O) groups is 2. The van der Waals surface area contributed by atoms with Crippen molar-refractivity contribution in [3.05, 3.63) is 59.2 Å². The number of aryl methyl sites for hydroxylation is 1. The Morgan fingerprint density at radius 2 is 1.81 bits per heavy atom. The number of hydrogen-bond acceptors (Lipinski definition) is 5. The van der Waals surface area contributed by atoms with Gasteiger partial charge >= 0.3 is 12.2 Å². The first-order valence-corrected chi connectivity index (χ1v) is 15.2. The standard InChI is InChI=1S/C30H42F3N3O5S/c1-6-8-9-16-36(42(39)26-12-10-11-24(20-26)30(31,32)33)29(38)35-27(28(37)34-22(4)15-17-41-7-2)19-23-13-14-25(40-5)18-21(23)3/h10-14,18,20,22,27H,6-9,15-17,19H2,1-5H3,(H,34,37)(H,35,38). The minimum atomic E-state index is -4.63. The van der Waals surface area contributed by atoms with Gasteiger partial charge in [0.25, 0.3) is 0 Å². The Morgan fingerprint density at radius 1 is 1.07 bits per heavy atom. The fraction of sp³-hybridized carbons (Fsp3) is 0.533. The molecule has 0 saturated carbocycles. The summed E-state index contributed by atoms with van der Waals surface area (Å²) in [6.45, 7) is 8.55. The van der Waals surface area contributed by atoms with Crippen LogP contribution >= 0.6 is 0 Å². The minimum absolute atomic E-state index is 0.0309. The van der Waals surface area contributed by atoms with Crippen molar-refractivity contribution < 1.29 is 36.4 Å². The number of ether oxygens (including phenoxy) is 2. The number of rotatable bonds is 16. The molecule has 0 spiro atoms. The first-order valence-electron chi connectivity index (χ1n) is 14.1. The Labute approximate surface area is 248 Å². The van der Waals surface area contributed by atoms with E-state index in [1.807, 2.05) is 33.8 Å². The number of unbranched alkanes of at least 4 members (excludes halogenated alkanes) is 2. The van der Waals surface area contributed by atoms with E-state index in [9.17, 15) is 27.0 Å². The molecule has 3 atom stereocenters. The molecule has 3 amide bonds. The smallest absolute Gasteiger partial charge is 0.416 e. The van der Waals surface area contributed by atoms with Gasteiger partial charge in [-0.15, -0.1) is 0 Å². The first kappa shape index (κ1) is 35.1. The minimum Gasteiger partial charge on any atom is -0.497 e. The maximum absolute atomic E-state index is 13.6. The average molecular weight is 614 g/mol. The lowest BCUT2D eigenvalue weighted by Gasteiger charge is -2.27. The summed E-state index contributed by atoms with van der Waals surface area (Å²) >= 11 is 0. The van der Waals surface area contributed by atoms with Crippen LogP contribution in [0.15, 0.2) is 47.4 Å². The van der Waals surface area contributed by atoms with Crippen molar-refractivity contribution in [2.75, 3.05) is 26.9 Å². The van der Waals surface area contributed by atoms with Crippen molar-refractivity contribution >= 4 is 22.9 Å². The highest BCUT2D eigenvalue weighted by Crippen LogP contribution is 2.30. The van der Waals surface area contributed by atoms with Crippen molar-refractivity contribution in [3.8, 4) is 5.75 Å². The van der Waals surface area contributed by atoms with Gasteiger partial charge in [-0.05, 0) is 75.1 Å². The number of urea groups is 1. The van der Waals surface area contributed by atoms with Gasteiger partial charge < -0.3 is 20.1 Å². The van der Waals surface area contributed by atoms with Crippen LogP contribution in [0.25, 0.3) is 0 Å². The molecule has 0 bridgehead atoms. The van der Waals surface area contributed by atoms with Crippen molar-refractivity contribution in [2.45, 2.75) is 83.0 Å². The van der Waals surface area contributed by atoms with Gasteiger partial charge in [0.1, 0.15) is 11.8 Å². The summed E-state index contributed by atoms with van der Waals surface area (Å²) in [6.07, 6.45) is -1.93. The molecule has 0 fully saturated rings. The summed E-state index contributed by atoms with van der Waals surface area (Å²) in [5.41, 5.74) is 0.670. The molecule has 0 radical (unpaired) electrons. The van der Waals surface area contributed by atoms with Crippen LogP contribution in [0, 0.1) is 6.92 Å². The summed E-state index contributed by atoms with van der Waals surface area (Å²) in [7, 11) is -0.697. The lowest BCUT2D eigenvalue weighted by Crippen LogP contribution is -2.54. The number of methoxy groups -OCH3 is 1. The SMILES string of the molecule is CCCCCN(C(=O)NC(Cc1ccc(OC)cc1C)C(=O)NC(C)CCOCC)S(=O)c1cccc(C(F)(F)F)c1. The van der Waals surface area contributed by atoms with E-state index in [1.165, 1.54) is 6.07 Å². The molecule has 8 nitrogen and oxygen atoms in total. The van der Waals surface area contributed by atoms with Gasteiger partial charge in [-0.3, -0.25) is 4.79 Å². The van der Waals surface area contributed by atoms with Crippen molar-refractivity contribution in [1.82, 2.24) is 14.9 Å². The zero-order valence-electron chi connectivity index (χ0n) is 24.9. The van der Waals surface area contributed by atoms with E-state index in [4.69, 9.17) is 9.47 Å². The van der Waals surface area contributed by atoms with Crippen LogP contribution < -0.4 is 15.4 Å². The first-order chi connectivity index (χ1) is 19.9. The third-order valence-corrected chi connectivity index (χ3v) is 8.04. The second kappa shape index (κ2) is 17.1. The fourth-order valence-corrected chi connectivity index (χ4v) is 5.34. The van der Waals surface area contributed by atoms with Gasteiger partial charge in [0.2, 0.25) is 5.91 Å². The summed E-state index contributed by atoms with van der Waals surface area (Å²) in [4.78, 5) is 26.9. The molecule has 0 aliphatic heterocycles. The van der Waals surface area contributed by atoms with Gasteiger partial charge in [0, 0.05) is 32.2 Å². The summed E-state index contributed by atoms with van der Waals surface area (Å²) in [5, 5.41) is 5.62. The van der Waals surface area contributed by atoms with E-state index >= 15 is 0 Å². The van der Waals surface area contributed by atoms with E-state index in [0.29, 0.717) is 31.8 Å². The van der Waals surface area contributed by atoms with Gasteiger partial charge in [-0.25, -0.2) is 13.3 Å². The lowest BCUT2D eigenvalue weighted by atomic mass is 10.00. The molecule has 0 aliphatic rings. The molecule has 3 unspecified atom stereocenters. The molecule has 2 N–H and O–H groups in total. The molecular formula is C30H42F3N3O5S.